The van der Waals surface area contributed by atoms with Gasteiger partial charge in [0, 0.05) is 11.4 Å². The van der Waals surface area contributed by atoms with E-state index in [0.717, 1.165) is 23.5 Å². The monoisotopic (exact) mass is 331 g/mol. The molecule has 22 heavy (non-hydrogen) atoms. The van der Waals surface area contributed by atoms with Crippen LogP contribution in [0.2, 0.25) is 5.02 Å². The van der Waals surface area contributed by atoms with Gasteiger partial charge in [0.15, 0.2) is 0 Å². The number of aryl methyl sites for hydroxylation is 2. The van der Waals surface area contributed by atoms with Gasteiger partial charge < -0.3 is 5.32 Å². The van der Waals surface area contributed by atoms with Crippen molar-refractivity contribution in [1.29, 1.82) is 0 Å². The lowest BCUT2D eigenvalue weighted by Gasteiger charge is -2.12. The van der Waals surface area contributed by atoms with Crippen molar-refractivity contribution < 1.29 is 18.0 Å². The molecule has 2 aromatic rings. The fraction of sp³-hybridized carbons (Fsp3) is 0.286. The zero-order valence-electron chi connectivity index (χ0n) is 11.8. The highest BCUT2D eigenvalue weighted by molar-refractivity contribution is 6.31. The Morgan fingerprint density at radius 3 is 2.55 bits per heavy atom. The third-order valence-electron chi connectivity index (χ3n) is 2.95. The van der Waals surface area contributed by atoms with Gasteiger partial charge in [-0.05, 0) is 38.1 Å². The standard InChI is InChI=1S/C14H13ClF3N3O/c1-8-5-9(2)21(20-8)7-13(22)19-10-3-4-12(15)11(6-10)14(16,17)18/h3-6H,7H2,1-2H3,(H,19,22). The van der Waals surface area contributed by atoms with Crippen LogP contribution >= 0.6 is 11.6 Å². The Bertz CT molecular complexity index is 710. The zero-order chi connectivity index (χ0) is 16.5. The van der Waals surface area contributed by atoms with Crippen molar-refractivity contribution in [2.75, 3.05) is 5.32 Å². The van der Waals surface area contributed by atoms with Gasteiger partial charge in [-0.1, -0.05) is 11.6 Å². The van der Waals surface area contributed by atoms with Crippen LogP contribution in [0, 0.1) is 13.8 Å². The number of halogens is 4. The molecule has 0 saturated heterocycles. The first kappa shape index (κ1) is 16.4. The molecule has 1 aromatic carbocycles. The van der Waals surface area contributed by atoms with Crippen molar-refractivity contribution in [1.82, 2.24) is 9.78 Å². The van der Waals surface area contributed by atoms with Crippen LogP contribution in [0.15, 0.2) is 24.3 Å². The first-order chi connectivity index (χ1) is 10.2. The summed E-state index contributed by atoms with van der Waals surface area (Å²) in [5, 5.41) is 6.11. The van der Waals surface area contributed by atoms with Gasteiger partial charge in [-0.3, -0.25) is 9.48 Å². The molecule has 0 spiro atoms. The van der Waals surface area contributed by atoms with Crippen molar-refractivity contribution in [3.05, 3.63) is 46.2 Å². The number of amides is 1. The molecule has 1 heterocycles. The van der Waals surface area contributed by atoms with E-state index in [4.69, 9.17) is 11.6 Å². The number of aromatic nitrogens is 2. The first-order valence-electron chi connectivity index (χ1n) is 6.34. The topological polar surface area (TPSA) is 46.9 Å². The summed E-state index contributed by atoms with van der Waals surface area (Å²) in [6.07, 6.45) is -4.58. The van der Waals surface area contributed by atoms with Crippen LogP contribution in [0.5, 0.6) is 0 Å². The molecule has 0 unspecified atom stereocenters. The van der Waals surface area contributed by atoms with E-state index in [1.54, 1.807) is 19.9 Å². The van der Waals surface area contributed by atoms with Gasteiger partial charge in [-0.25, -0.2) is 0 Å². The van der Waals surface area contributed by atoms with E-state index in [9.17, 15) is 18.0 Å². The van der Waals surface area contributed by atoms with Gasteiger partial charge in [0.2, 0.25) is 5.91 Å². The number of hydrogen-bond donors (Lipinski definition) is 1. The van der Waals surface area contributed by atoms with Crippen LogP contribution in [0.25, 0.3) is 0 Å². The molecule has 2 rings (SSSR count). The van der Waals surface area contributed by atoms with Crippen molar-refractivity contribution in [3.8, 4) is 0 Å². The van der Waals surface area contributed by atoms with Gasteiger partial charge in [0.05, 0.1) is 16.3 Å². The number of nitrogens with zero attached hydrogens (tertiary/aromatic N) is 2. The second-order valence-corrected chi connectivity index (χ2v) is 5.23. The largest absolute Gasteiger partial charge is 0.417 e. The number of hydrogen-bond acceptors (Lipinski definition) is 2. The third-order valence-corrected chi connectivity index (χ3v) is 3.28. The highest BCUT2D eigenvalue weighted by Crippen LogP contribution is 2.36. The number of benzene rings is 1. The summed E-state index contributed by atoms with van der Waals surface area (Å²) in [7, 11) is 0. The van der Waals surface area contributed by atoms with Crippen LogP contribution in [0.1, 0.15) is 17.0 Å². The number of carbonyl (C=O) groups is 1. The van der Waals surface area contributed by atoms with E-state index in [1.807, 2.05) is 0 Å². The van der Waals surface area contributed by atoms with Crippen LogP contribution in [-0.2, 0) is 17.5 Å². The smallest absolute Gasteiger partial charge is 0.324 e. The Kier molecular flexibility index (Phi) is 4.46. The molecule has 8 heteroatoms. The summed E-state index contributed by atoms with van der Waals surface area (Å²) in [6.45, 7) is 3.50. The molecular weight excluding hydrogens is 319 g/mol. The van der Waals surface area contributed by atoms with Crippen molar-refractivity contribution in [2.24, 2.45) is 0 Å². The molecule has 118 valence electrons. The van der Waals surface area contributed by atoms with Crippen molar-refractivity contribution in [2.45, 2.75) is 26.6 Å². The van der Waals surface area contributed by atoms with Crippen LogP contribution in [0.3, 0.4) is 0 Å². The van der Waals surface area contributed by atoms with Crippen molar-refractivity contribution >= 4 is 23.2 Å². The summed E-state index contributed by atoms with van der Waals surface area (Å²) >= 11 is 5.52. The molecule has 0 aliphatic carbocycles. The molecular formula is C14H13ClF3N3O. The SMILES string of the molecule is Cc1cc(C)n(CC(=O)Nc2ccc(Cl)c(C(F)(F)F)c2)n1. The Morgan fingerprint density at radius 2 is 2.00 bits per heavy atom. The second-order valence-electron chi connectivity index (χ2n) is 4.83. The minimum atomic E-state index is -4.58. The number of rotatable bonds is 3. The van der Waals surface area contributed by atoms with Gasteiger partial charge >= 0.3 is 6.18 Å². The van der Waals surface area contributed by atoms with Gasteiger partial charge in [-0.15, -0.1) is 0 Å². The minimum Gasteiger partial charge on any atom is -0.324 e. The van der Waals surface area contributed by atoms with E-state index in [-0.39, 0.29) is 12.2 Å². The number of anilines is 1. The quantitative estimate of drug-likeness (QED) is 0.929. The summed E-state index contributed by atoms with van der Waals surface area (Å²) in [5.41, 5.74) is 0.595. The number of carbonyl (C=O) groups excluding carboxylic acids is 1. The highest BCUT2D eigenvalue weighted by Gasteiger charge is 2.33. The maximum atomic E-state index is 12.8. The average Bonchev–Trinajstić information content (AvgIpc) is 2.68. The van der Waals surface area contributed by atoms with E-state index in [0.29, 0.717) is 0 Å². The molecule has 0 aliphatic rings. The minimum absolute atomic E-state index is 0.0308. The van der Waals surface area contributed by atoms with Crippen LogP contribution in [0.4, 0.5) is 18.9 Å². The number of alkyl halides is 3. The molecule has 4 nitrogen and oxygen atoms in total. The lowest BCUT2D eigenvalue weighted by Crippen LogP contribution is -2.20. The molecule has 1 N–H and O–H groups in total. The molecule has 0 aliphatic heterocycles. The van der Waals surface area contributed by atoms with E-state index in [1.165, 1.54) is 10.7 Å². The summed E-state index contributed by atoms with van der Waals surface area (Å²) < 4.78 is 39.7. The van der Waals surface area contributed by atoms with E-state index in [2.05, 4.69) is 10.4 Å². The van der Waals surface area contributed by atoms with Crippen LogP contribution < -0.4 is 5.32 Å². The van der Waals surface area contributed by atoms with Gasteiger partial charge in [0.25, 0.3) is 0 Å². The zero-order valence-corrected chi connectivity index (χ0v) is 12.6. The Balaban J connectivity index is 2.14. The molecule has 0 bridgehead atoms. The average molecular weight is 332 g/mol. The summed E-state index contributed by atoms with van der Waals surface area (Å²) in [6, 6.07) is 5.03. The Hall–Kier alpha value is -2.02. The molecule has 0 fully saturated rings. The first-order valence-corrected chi connectivity index (χ1v) is 6.72. The highest BCUT2D eigenvalue weighted by atomic mass is 35.5. The lowest BCUT2D eigenvalue weighted by molar-refractivity contribution is -0.137. The molecule has 0 saturated carbocycles. The Morgan fingerprint density at radius 1 is 1.32 bits per heavy atom. The molecule has 0 radical (unpaired) electrons. The van der Waals surface area contributed by atoms with Crippen LogP contribution in [-0.4, -0.2) is 15.7 Å². The van der Waals surface area contributed by atoms with E-state index < -0.39 is 22.7 Å². The molecule has 1 aromatic heterocycles. The summed E-state index contributed by atoms with van der Waals surface area (Å²) in [4.78, 5) is 11.9. The molecule has 0 atom stereocenters. The lowest BCUT2D eigenvalue weighted by atomic mass is 10.2. The normalized spacial score (nSPS) is 11.5. The predicted octanol–water partition coefficient (Wildman–Crippen LogP) is 3.81. The summed E-state index contributed by atoms with van der Waals surface area (Å²) in [5.74, 6) is -0.471. The fourth-order valence-corrected chi connectivity index (χ4v) is 2.22. The number of nitrogens with one attached hydrogen (secondary N) is 1. The third kappa shape index (κ3) is 3.79. The fourth-order valence-electron chi connectivity index (χ4n) is 1.99. The second kappa shape index (κ2) is 6.00. The van der Waals surface area contributed by atoms with Crippen molar-refractivity contribution in [3.63, 3.8) is 0 Å². The van der Waals surface area contributed by atoms with Gasteiger partial charge in [-0.2, -0.15) is 18.3 Å². The predicted molar refractivity (Wildman–Crippen MR) is 76.8 cm³/mol. The maximum Gasteiger partial charge on any atom is 0.417 e. The van der Waals surface area contributed by atoms with Gasteiger partial charge in [0.1, 0.15) is 6.54 Å². The van der Waals surface area contributed by atoms with E-state index >= 15 is 0 Å². The maximum absolute atomic E-state index is 12.8. The Labute approximate surface area is 129 Å². The molecule has 1 amide bonds.